The lowest BCUT2D eigenvalue weighted by molar-refractivity contribution is -0.143. The molecule has 0 saturated carbocycles. The third-order valence-corrected chi connectivity index (χ3v) is 11.2. The van der Waals surface area contributed by atoms with E-state index in [1.165, 1.54) is 27.1 Å². The summed E-state index contributed by atoms with van der Waals surface area (Å²) in [5.41, 5.74) is 1.64. The van der Waals surface area contributed by atoms with Gasteiger partial charge in [-0.15, -0.1) is 0 Å². The molecule has 2 N–H and O–H groups in total. The van der Waals surface area contributed by atoms with E-state index in [1.807, 2.05) is 26.0 Å². The molecule has 3 aliphatic rings. The Morgan fingerprint density at radius 2 is 1.78 bits per heavy atom. The summed E-state index contributed by atoms with van der Waals surface area (Å²) < 4.78 is 49.2. The maximum absolute atomic E-state index is 12.8. The van der Waals surface area contributed by atoms with Gasteiger partial charge in [0, 0.05) is 46.5 Å². The van der Waals surface area contributed by atoms with E-state index in [0.29, 0.717) is 13.0 Å². The Bertz CT molecular complexity index is 1550. The normalized spacial score (nSPS) is 29.3. The second-order valence-corrected chi connectivity index (χ2v) is 16.2. The molecule has 13 heteroatoms. The molecule has 0 aromatic heterocycles. The van der Waals surface area contributed by atoms with Crippen molar-refractivity contribution in [2.45, 2.75) is 120 Å². The number of ether oxygens (including phenoxy) is 4. The van der Waals surface area contributed by atoms with Gasteiger partial charge in [0.25, 0.3) is 0 Å². The van der Waals surface area contributed by atoms with Gasteiger partial charge in [0.05, 0.1) is 54.0 Å². The lowest BCUT2D eigenvalue weighted by Gasteiger charge is -2.39. The number of amides is 2. The van der Waals surface area contributed by atoms with Crippen LogP contribution < -0.4 is 10.6 Å². The number of carbonyl (C=O) groups is 3. The number of nitrogens with zero attached hydrogens (tertiary/aromatic N) is 1. The highest BCUT2D eigenvalue weighted by molar-refractivity contribution is 7.89. The molecule has 0 bridgehead atoms. The Labute approximate surface area is 296 Å². The molecule has 12 nitrogen and oxygen atoms in total. The Hall–Kier alpha value is -3.36. The standard InChI is InChI=1S/C37H53N3O9S/c1-24(9-16-34-25(2)18-33(27(4)48-34)39-35(42)17-10-26(3)47-28(5)41)8-13-30-20-37(23-46-37)21-31(49-30)19-36(43)38-22-29-11-14-32(15-12-29)50(44,45)40(6)7/h8-15,17,25-27,30-31,33-34H,16,18-23H2,1-7H3,(H,38,43)(H,39,42)/b13-8+,17-10-,24-9+/t25-,26-,27+,30+,31+,33+,34-,37?/m0/s1. The van der Waals surface area contributed by atoms with Crippen LogP contribution in [0.25, 0.3) is 0 Å². The number of rotatable bonds is 14. The van der Waals surface area contributed by atoms with Gasteiger partial charge in [-0.1, -0.05) is 42.9 Å². The Balaban J connectivity index is 1.22. The van der Waals surface area contributed by atoms with Crippen molar-refractivity contribution in [3.63, 3.8) is 0 Å². The van der Waals surface area contributed by atoms with Crippen LogP contribution in [0.4, 0.5) is 0 Å². The molecular formula is C37H53N3O9S. The molecule has 1 aromatic carbocycles. The third kappa shape index (κ3) is 11.6. The maximum Gasteiger partial charge on any atom is 0.303 e. The molecule has 3 heterocycles. The van der Waals surface area contributed by atoms with E-state index in [2.05, 4.69) is 23.6 Å². The summed E-state index contributed by atoms with van der Waals surface area (Å²) >= 11 is 0. The first-order chi connectivity index (χ1) is 23.5. The van der Waals surface area contributed by atoms with Crippen molar-refractivity contribution in [2.24, 2.45) is 5.92 Å². The van der Waals surface area contributed by atoms with E-state index in [1.54, 1.807) is 37.3 Å². The minimum atomic E-state index is -3.51. The second-order valence-electron chi connectivity index (χ2n) is 14.0. The zero-order valence-corrected chi connectivity index (χ0v) is 31.0. The third-order valence-electron chi connectivity index (χ3n) is 9.36. The first kappa shape index (κ1) is 39.4. The smallest absolute Gasteiger partial charge is 0.303 e. The summed E-state index contributed by atoms with van der Waals surface area (Å²) in [6.45, 7) is 10.1. The first-order valence-electron chi connectivity index (χ1n) is 17.3. The molecular weight excluding hydrogens is 662 g/mol. The number of nitrogens with one attached hydrogen (secondary N) is 2. The Morgan fingerprint density at radius 1 is 1.08 bits per heavy atom. The fraction of sp³-hybridized carbons (Fsp3) is 0.595. The molecule has 50 heavy (non-hydrogen) atoms. The highest BCUT2D eigenvalue weighted by atomic mass is 32.2. The van der Waals surface area contributed by atoms with Gasteiger partial charge in [-0.3, -0.25) is 14.4 Å². The minimum Gasteiger partial charge on any atom is -0.459 e. The molecule has 0 aliphatic carbocycles. The fourth-order valence-corrected chi connectivity index (χ4v) is 7.25. The number of hydrogen-bond acceptors (Lipinski definition) is 9. The van der Waals surface area contributed by atoms with E-state index in [0.717, 1.165) is 34.7 Å². The molecule has 3 saturated heterocycles. The molecule has 3 aliphatic heterocycles. The first-order valence-corrected chi connectivity index (χ1v) is 18.7. The van der Waals surface area contributed by atoms with Crippen LogP contribution in [0.1, 0.15) is 72.3 Å². The van der Waals surface area contributed by atoms with Gasteiger partial charge < -0.3 is 29.6 Å². The van der Waals surface area contributed by atoms with Crippen molar-refractivity contribution in [3.05, 3.63) is 65.8 Å². The van der Waals surface area contributed by atoms with Crippen LogP contribution in [0.3, 0.4) is 0 Å². The van der Waals surface area contributed by atoms with Crippen molar-refractivity contribution in [3.8, 4) is 0 Å². The van der Waals surface area contributed by atoms with Gasteiger partial charge in [0.15, 0.2) is 0 Å². The van der Waals surface area contributed by atoms with Crippen molar-refractivity contribution >= 4 is 27.8 Å². The fourth-order valence-electron chi connectivity index (χ4n) is 6.35. The molecule has 276 valence electrons. The van der Waals surface area contributed by atoms with E-state index in [4.69, 9.17) is 18.9 Å². The van der Waals surface area contributed by atoms with E-state index < -0.39 is 22.1 Å². The number of benzene rings is 1. The summed E-state index contributed by atoms with van der Waals surface area (Å²) in [5.74, 6) is -0.552. The Kier molecular flexibility index (Phi) is 13.6. The predicted octanol–water partition coefficient (Wildman–Crippen LogP) is 3.96. The monoisotopic (exact) mass is 715 g/mol. The van der Waals surface area contributed by atoms with Gasteiger partial charge in [-0.2, -0.15) is 0 Å². The second kappa shape index (κ2) is 17.2. The van der Waals surface area contributed by atoms with Gasteiger partial charge >= 0.3 is 5.97 Å². The van der Waals surface area contributed by atoms with Crippen molar-refractivity contribution in [1.82, 2.24) is 14.9 Å². The SMILES string of the molecule is CC(=O)O[C@@H](C)/C=C\C(=O)N[C@@H]1C[C@H](C)[C@H](C/C=C(C)/C=C/[C@@H]2CC3(CO3)C[C@@H](CC(=O)NCc3ccc(S(=O)(=O)N(C)C)cc3)O2)O[C@@H]1C. The van der Waals surface area contributed by atoms with Crippen LogP contribution in [0.15, 0.2) is 65.1 Å². The number of carbonyl (C=O) groups excluding carboxylic acids is 3. The molecule has 1 aromatic rings. The molecule has 8 atom stereocenters. The zero-order valence-electron chi connectivity index (χ0n) is 30.2. The van der Waals surface area contributed by atoms with Crippen LogP contribution in [-0.4, -0.2) is 93.4 Å². The summed E-state index contributed by atoms with van der Waals surface area (Å²) in [7, 11) is -0.534. The summed E-state index contributed by atoms with van der Waals surface area (Å²) in [4.78, 5) is 36.5. The quantitative estimate of drug-likeness (QED) is 0.126. The Morgan fingerprint density at radius 3 is 2.42 bits per heavy atom. The van der Waals surface area contributed by atoms with E-state index in [-0.39, 0.29) is 71.7 Å². The largest absolute Gasteiger partial charge is 0.459 e. The molecule has 1 spiro atoms. The number of epoxide rings is 1. The summed E-state index contributed by atoms with van der Waals surface area (Å²) in [6, 6.07) is 6.37. The van der Waals surface area contributed by atoms with Crippen molar-refractivity contribution < 1.29 is 41.7 Å². The van der Waals surface area contributed by atoms with Gasteiger partial charge in [-0.25, -0.2) is 12.7 Å². The average Bonchev–Trinajstić information content (AvgIpc) is 3.79. The van der Waals surface area contributed by atoms with E-state index in [9.17, 15) is 22.8 Å². The lowest BCUT2D eigenvalue weighted by atomic mass is 9.88. The molecule has 3 fully saturated rings. The van der Waals surface area contributed by atoms with Crippen LogP contribution >= 0.6 is 0 Å². The number of allylic oxidation sites excluding steroid dienone is 2. The summed E-state index contributed by atoms with van der Waals surface area (Å²) in [6.07, 6.45) is 11.2. The van der Waals surface area contributed by atoms with Crippen molar-refractivity contribution in [1.29, 1.82) is 0 Å². The topological polar surface area (TPSA) is 153 Å². The number of sulfonamides is 1. The highest BCUT2D eigenvalue weighted by Crippen LogP contribution is 2.43. The van der Waals surface area contributed by atoms with Gasteiger partial charge in [-0.05, 0) is 63.3 Å². The van der Waals surface area contributed by atoms with Gasteiger partial charge in [0.2, 0.25) is 21.8 Å². The molecule has 1 unspecified atom stereocenters. The van der Waals surface area contributed by atoms with E-state index >= 15 is 0 Å². The molecule has 2 amide bonds. The minimum absolute atomic E-state index is 0.0157. The van der Waals surface area contributed by atoms with Crippen molar-refractivity contribution in [2.75, 3.05) is 20.7 Å². The van der Waals surface area contributed by atoms with Crippen LogP contribution in [-0.2, 0) is 49.9 Å². The molecule has 4 rings (SSSR count). The van der Waals surface area contributed by atoms with Crippen LogP contribution in [0.2, 0.25) is 0 Å². The van der Waals surface area contributed by atoms with Gasteiger partial charge in [0.1, 0.15) is 6.10 Å². The predicted molar refractivity (Wildman–Crippen MR) is 188 cm³/mol. The zero-order chi connectivity index (χ0) is 36.6. The van der Waals surface area contributed by atoms with Crippen LogP contribution in [0.5, 0.6) is 0 Å². The summed E-state index contributed by atoms with van der Waals surface area (Å²) in [5, 5.41) is 5.94. The van der Waals surface area contributed by atoms with Crippen LogP contribution in [0, 0.1) is 5.92 Å². The maximum atomic E-state index is 12.8. The molecule has 0 radical (unpaired) electrons. The average molecular weight is 716 g/mol. The number of esters is 1. The lowest BCUT2D eigenvalue weighted by Crippen LogP contribution is -2.50. The highest BCUT2D eigenvalue weighted by Gasteiger charge is 2.51. The number of hydrogen-bond donors (Lipinski definition) is 2.